The molecule has 8 aromatic carbocycles. The van der Waals surface area contributed by atoms with Gasteiger partial charge in [0, 0.05) is 22.5 Å². The van der Waals surface area contributed by atoms with Gasteiger partial charge in [0.2, 0.25) is 0 Å². The highest BCUT2D eigenvalue weighted by molar-refractivity contribution is 6.20. The zero-order valence-electron chi connectivity index (χ0n) is 28.1. The van der Waals surface area contributed by atoms with Crippen LogP contribution in [0.1, 0.15) is 0 Å². The van der Waals surface area contributed by atoms with Crippen LogP contribution in [0.25, 0.3) is 121 Å². The molecule has 2 aliphatic carbocycles. The van der Waals surface area contributed by atoms with E-state index in [0.717, 1.165) is 33.1 Å². The highest BCUT2D eigenvalue weighted by Gasteiger charge is 2.25. The Morgan fingerprint density at radius 1 is 0.308 bits per heavy atom. The van der Waals surface area contributed by atoms with Gasteiger partial charge in [-0.2, -0.15) is 0 Å². The lowest BCUT2D eigenvalue weighted by Gasteiger charge is -2.16. The lowest BCUT2D eigenvalue weighted by atomic mass is 9.88. The molecule has 238 valence electrons. The van der Waals surface area contributed by atoms with Crippen molar-refractivity contribution in [3.63, 3.8) is 0 Å². The van der Waals surface area contributed by atoms with E-state index in [1.165, 1.54) is 88.3 Å². The van der Waals surface area contributed by atoms with Crippen molar-refractivity contribution in [1.82, 2.24) is 9.97 Å². The van der Waals surface area contributed by atoms with E-state index in [1.54, 1.807) is 0 Å². The molecule has 0 unspecified atom stereocenters. The van der Waals surface area contributed by atoms with Crippen LogP contribution in [0, 0.1) is 0 Å². The van der Waals surface area contributed by atoms with Gasteiger partial charge in [-0.25, -0.2) is 4.98 Å². The molecule has 0 aliphatic heterocycles. The quantitative estimate of drug-likeness (QED) is 0.177. The molecule has 10 aromatic rings. The van der Waals surface area contributed by atoms with Crippen molar-refractivity contribution >= 4 is 43.4 Å². The fraction of sp³-hybridized carbons (Fsp3) is 0. The molecule has 2 heterocycles. The summed E-state index contributed by atoms with van der Waals surface area (Å²) in [7, 11) is 0. The molecular weight excluding hydrogens is 629 g/mol. The number of aromatic nitrogens is 2. The van der Waals surface area contributed by atoms with E-state index in [9.17, 15) is 0 Å². The van der Waals surface area contributed by atoms with Crippen LogP contribution in [0.5, 0.6) is 0 Å². The second-order valence-electron chi connectivity index (χ2n) is 14.1. The summed E-state index contributed by atoms with van der Waals surface area (Å²) in [6, 6.07) is 60.2. The van der Waals surface area contributed by atoms with Crippen LogP contribution in [0.4, 0.5) is 0 Å². The Kier molecular flexibility index (Phi) is 5.53. The molecule has 0 radical (unpaired) electrons. The van der Waals surface area contributed by atoms with E-state index >= 15 is 0 Å². The molecule has 0 atom stereocenters. The third-order valence-corrected chi connectivity index (χ3v) is 11.4. The monoisotopic (exact) mass is 656 g/mol. The number of hydrogen-bond donors (Lipinski definition) is 0. The molecule has 52 heavy (non-hydrogen) atoms. The van der Waals surface area contributed by atoms with E-state index in [1.807, 2.05) is 12.3 Å². The van der Waals surface area contributed by atoms with Gasteiger partial charge in [-0.3, -0.25) is 4.98 Å². The number of hydrogen-bond acceptors (Lipinski definition) is 2. The maximum absolute atomic E-state index is 5.34. The molecule has 0 N–H and O–H groups in total. The molecule has 0 saturated carbocycles. The van der Waals surface area contributed by atoms with Crippen LogP contribution in [0.2, 0.25) is 0 Å². The predicted molar refractivity (Wildman–Crippen MR) is 217 cm³/mol. The van der Waals surface area contributed by atoms with E-state index < -0.39 is 0 Å². The van der Waals surface area contributed by atoms with E-state index in [-0.39, 0.29) is 0 Å². The first kappa shape index (κ1) is 27.9. The average molecular weight is 657 g/mol. The molecule has 2 heteroatoms. The zero-order valence-corrected chi connectivity index (χ0v) is 28.1. The summed E-state index contributed by atoms with van der Waals surface area (Å²) >= 11 is 0. The summed E-state index contributed by atoms with van der Waals surface area (Å²) in [6.07, 6.45) is 1.86. The lowest BCUT2D eigenvalue weighted by molar-refractivity contribution is 1.37. The average Bonchev–Trinajstić information content (AvgIpc) is 3.72. The number of pyridine rings is 2. The Hall–Kier alpha value is -6.90. The standard InChI is InChI=1S/C50H28N2/c1-3-11-38-36(9-1)42-15-5-13-40-34(20-22-44(38)47(40)42)31-26-32(35-21-23-45-39-12-4-2-10-37(39)43-16-6-14-41(35)48(43)45)28-33(27-31)46-24-19-30-18-17-29-8-7-25-51-49(29)50(30)52-46/h1-28H. The van der Waals surface area contributed by atoms with Crippen LogP contribution in [-0.2, 0) is 0 Å². The molecule has 2 nitrogen and oxygen atoms in total. The Labute approximate surface area is 300 Å². The van der Waals surface area contributed by atoms with Gasteiger partial charge in [0.1, 0.15) is 0 Å². The van der Waals surface area contributed by atoms with Gasteiger partial charge < -0.3 is 0 Å². The predicted octanol–water partition coefficient (Wildman–Crippen LogP) is 13.4. The minimum absolute atomic E-state index is 0.925. The molecular formula is C50H28N2. The maximum Gasteiger partial charge on any atom is 0.0972 e. The van der Waals surface area contributed by atoms with Gasteiger partial charge in [-0.1, -0.05) is 133 Å². The van der Waals surface area contributed by atoms with Crippen molar-refractivity contribution in [2.24, 2.45) is 0 Å². The van der Waals surface area contributed by atoms with E-state index in [4.69, 9.17) is 9.97 Å². The minimum Gasteiger partial charge on any atom is -0.254 e. The first-order valence-corrected chi connectivity index (χ1v) is 17.9. The number of rotatable bonds is 3. The molecule has 2 aromatic heterocycles. The minimum atomic E-state index is 0.925. The second-order valence-corrected chi connectivity index (χ2v) is 14.1. The summed E-state index contributed by atoms with van der Waals surface area (Å²) in [5.74, 6) is 0. The summed E-state index contributed by atoms with van der Waals surface area (Å²) in [4.78, 5) is 10.1. The molecule has 0 spiro atoms. The van der Waals surface area contributed by atoms with Crippen LogP contribution in [0.3, 0.4) is 0 Å². The highest BCUT2D eigenvalue weighted by atomic mass is 14.8. The third-order valence-electron chi connectivity index (χ3n) is 11.4. The van der Waals surface area contributed by atoms with Crippen LogP contribution in [0.15, 0.2) is 170 Å². The smallest absolute Gasteiger partial charge is 0.0972 e. The van der Waals surface area contributed by atoms with Crippen molar-refractivity contribution in [3.8, 4) is 78.0 Å². The number of fused-ring (bicyclic) bond motifs is 9. The Morgan fingerprint density at radius 2 is 0.769 bits per heavy atom. The van der Waals surface area contributed by atoms with Gasteiger partial charge >= 0.3 is 0 Å². The first-order valence-electron chi connectivity index (χ1n) is 17.9. The Bertz CT molecular complexity index is 2980. The van der Waals surface area contributed by atoms with Gasteiger partial charge in [-0.15, -0.1) is 0 Å². The number of nitrogens with zero attached hydrogens (tertiary/aromatic N) is 2. The molecule has 12 rings (SSSR count). The van der Waals surface area contributed by atoms with Crippen molar-refractivity contribution in [3.05, 3.63) is 170 Å². The van der Waals surface area contributed by atoms with Crippen LogP contribution in [-0.4, -0.2) is 9.97 Å². The van der Waals surface area contributed by atoms with Crippen molar-refractivity contribution in [1.29, 1.82) is 0 Å². The van der Waals surface area contributed by atoms with Gasteiger partial charge in [-0.05, 0) is 119 Å². The van der Waals surface area contributed by atoms with Gasteiger partial charge in [0.15, 0.2) is 0 Å². The topological polar surface area (TPSA) is 25.8 Å². The number of benzene rings is 8. The molecule has 0 bridgehead atoms. The summed E-state index contributed by atoms with van der Waals surface area (Å²) in [5, 5.41) is 7.39. The maximum atomic E-state index is 5.34. The zero-order chi connectivity index (χ0) is 33.9. The molecule has 2 aliphatic rings. The van der Waals surface area contributed by atoms with Crippen LogP contribution >= 0.6 is 0 Å². The van der Waals surface area contributed by atoms with Gasteiger partial charge in [0.05, 0.1) is 16.7 Å². The Morgan fingerprint density at radius 3 is 1.35 bits per heavy atom. The highest BCUT2D eigenvalue weighted by Crippen LogP contribution is 2.51. The molecule has 0 amide bonds. The molecule has 0 saturated heterocycles. The summed E-state index contributed by atoms with van der Waals surface area (Å²) in [6.45, 7) is 0. The Balaban J connectivity index is 1.13. The fourth-order valence-corrected chi connectivity index (χ4v) is 9.09. The summed E-state index contributed by atoms with van der Waals surface area (Å²) in [5.41, 5.74) is 19.2. The molecule has 0 fully saturated rings. The van der Waals surface area contributed by atoms with Crippen molar-refractivity contribution in [2.45, 2.75) is 0 Å². The summed E-state index contributed by atoms with van der Waals surface area (Å²) < 4.78 is 0. The SMILES string of the molecule is c1ccc2c(c1)-c1cccc3c(-c4cc(-c5ccc6ccc7cccnc7c6n5)cc(-c5ccc6c7c(cccc57)-c5ccccc5-6)c4)ccc-2c13. The first-order chi connectivity index (χ1) is 25.8. The largest absolute Gasteiger partial charge is 0.254 e. The third kappa shape index (κ3) is 3.78. The van der Waals surface area contributed by atoms with Crippen molar-refractivity contribution < 1.29 is 0 Å². The van der Waals surface area contributed by atoms with Gasteiger partial charge in [0.25, 0.3) is 0 Å². The van der Waals surface area contributed by atoms with Crippen LogP contribution < -0.4 is 0 Å². The van der Waals surface area contributed by atoms with E-state index in [0.29, 0.717) is 0 Å². The second kappa shape index (κ2) is 10.3. The van der Waals surface area contributed by atoms with Crippen molar-refractivity contribution in [2.75, 3.05) is 0 Å². The lowest BCUT2D eigenvalue weighted by Crippen LogP contribution is -1.92. The normalized spacial score (nSPS) is 12.2. The van der Waals surface area contributed by atoms with E-state index in [2.05, 4.69) is 158 Å². The fourth-order valence-electron chi connectivity index (χ4n) is 9.09.